The summed E-state index contributed by atoms with van der Waals surface area (Å²) in [6.07, 6.45) is 0. The van der Waals surface area contributed by atoms with Gasteiger partial charge in [0.1, 0.15) is 5.03 Å². The molecule has 0 bridgehead atoms. The molecular weight excluding hydrogens is 270 g/mol. The Bertz CT molecular complexity index is 645. The van der Waals surface area contributed by atoms with Gasteiger partial charge in [-0.1, -0.05) is 16.6 Å². The van der Waals surface area contributed by atoms with E-state index >= 15 is 0 Å². The number of anilines is 1. The molecule has 0 radical (unpaired) electrons. The molecule has 1 amide bonds. The first-order valence-electron chi connectivity index (χ1n) is 5.02. The van der Waals surface area contributed by atoms with Crippen LogP contribution in [0.25, 0.3) is 11.0 Å². The number of hydrogen-bond acceptors (Lipinski definition) is 6. The molecule has 2 heterocycles. The van der Waals surface area contributed by atoms with Gasteiger partial charge in [0.15, 0.2) is 0 Å². The molecule has 1 aromatic carbocycles. The van der Waals surface area contributed by atoms with Gasteiger partial charge in [-0.05, 0) is 35.4 Å². The molecule has 90 valence electrons. The molecule has 0 aliphatic rings. The summed E-state index contributed by atoms with van der Waals surface area (Å²) in [5.74, 6) is 0.428. The number of carbonyl (C=O) groups excluding carboxylic acids is 1. The van der Waals surface area contributed by atoms with Crippen LogP contribution in [0.1, 0.15) is 0 Å². The maximum atomic E-state index is 11.7. The van der Waals surface area contributed by atoms with Crippen molar-refractivity contribution >= 4 is 45.5 Å². The van der Waals surface area contributed by atoms with Gasteiger partial charge in [-0.25, -0.2) is 4.98 Å². The molecule has 0 saturated carbocycles. The monoisotopic (exact) mass is 277 g/mol. The number of carbonyl (C=O) groups is 1. The van der Waals surface area contributed by atoms with E-state index < -0.39 is 0 Å². The number of aromatic amines is 1. The van der Waals surface area contributed by atoms with Crippen molar-refractivity contribution in [3.05, 3.63) is 29.6 Å². The summed E-state index contributed by atoms with van der Waals surface area (Å²) < 4.78 is 3.68. The number of hydrogen-bond donors (Lipinski definition) is 2. The Labute approximate surface area is 110 Å². The Hall–Kier alpha value is -1.93. The lowest BCUT2D eigenvalue weighted by molar-refractivity contribution is 0.269. The number of aromatic nitrogens is 4. The first-order chi connectivity index (χ1) is 8.81. The summed E-state index contributed by atoms with van der Waals surface area (Å²) in [7, 11) is 0. The lowest BCUT2D eigenvalue weighted by Crippen LogP contribution is -2.05. The van der Waals surface area contributed by atoms with E-state index in [1.165, 1.54) is 11.5 Å². The number of thioether (sulfide) groups is 1. The minimum atomic E-state index is -0.248. The van der Waals surface area contributed by atoms with Crippen LogP contribution in [0, 0.1) is 0 Å². The van der Waals surface area contributed by atoms with Crippen LogP contribution in [-0.2, 0) is 0 Å². The molecule has 0 unspecified atom stereocenters. The average molecular weight is 277 g/mol. The Morgan fingerprint density at radius 3 is 3.06 bits per heavy atom. The molecule has 0 aliphatic carbocycles. The van der Waals surface area contributed by atoms with Gasteiger partial charge in [0, 0.05) is 5.38 Å². The third-order valence-electron chi connectivity index (χ3n) is 2.15. The van der Waals surface area contributed by atoms with Crippen LogP contribution in [0.4, 0.5) is 10.7 Å². The van der Waals surface area contributed by atoms with E-state index in [0.717, 1.165) is 22.8 Å². The zero-order valence-electron chi connectivity index (χ0n) is 8.95. The van der Waals surface area contributed by atoms with Gasteiger partial charge in [0.2, 0.25) is 5.95 Å². The van der Waals surface area contributed by atoms with Crippen LogP contribution in [0.3, 0.4) is 0 Å². The molecule has 0 fully saturated rings. The van der Waals surface area contributed by atoms with Crippen LogP contribution in [0.2, 0.25) is 0 Å². The highest BCUT2D eigenvalue weighted by Crippen LogP contribution is 2.19. The SMILES string of the molecule is O=C(Nc1nc2ccccc2[nH]1)Sc1csnn1. The topological polar surface area (TPSA) is 83.6 Å². The molecule has 0 spiro atoms. The fraction of sp³-hybridized carbons (Fsp3) is 0. The summed E-state index contributed by atoms with van der Waals surface area (Å²) >= 11 is 2.19. The van der Waals surface area contributed by atoms with Crippen LogP contribution in [0.15, 0.2) is 34.7 Å². The fourth-order valence-electron chi connectivity index (χ4n) is 1.43. The van der Waals surface area contributed by atoms with Gasteiger partial charge in [-0.3, -0.25) is 10.1 Å². The van der Waals surface area contributed by atoms with Crippen molar-refractivity contribution in [2.24, 2.45) is 0 Å². The van der Waals surface area contributed by atoms with Gasteiger partial charge in [-0.15, -0.1) is 5.10 Å². The van der Waals surface area contributed by atoms with Crippen LogP contribution in [0.5, 0.6) is 0 Å². The summed E-state index contributed by atoms with van der Waals surface area (Å²) in [5.41, 5.74) is 1.70. The zero-order chi connectivity index (χ0) is 12.4. The molecule has 6 nitrogen and oxygen atoms in total. The quantitative estimate of drug-likeness (QED) is 0.704. The third kappa shape index (κ3) is 2.34. The molecule has 8 heteroatoms. The molecule has 18 heavy (non-hydrogen) atoms. The minimum Gasteiger partial charge on any atom is -0.324 e. The van der Waals surface area contributed by atoms with E-state index in [9.17, 15) is 4.79 Å². The Kier molecular flexibility index (Phi) is 2.95. The summed E-state index contributed by atoms with van der Waals surface area (Å²) in [5, 5.41) is 8.48. The molecule has 0 saturated heterocycles. The van der Waals surface area contributed by atoms with Crippen molar-refractivity contribution in [2.45, 2.75) is 5.03 Å². The standard InChI is InChI=1S/C10H7N5OS2/c16-10(18-8-5-17-15-14-8)13-9-11-6-3-1-2-4-7(6)12-9/h1-5H,(H2,11,12,13,16). The number of nitrogens with one attached hydrogen (secondary N) is 2. The van der Waals surface area contributed by atoms with E-state index in [1.807, 2.05) is 24.3 Å². The van der Waals surface area contributed by atoms with Gasteiger partial charge < -0.3 is 4.98 Å². The van der Waals surface area contributed by atoms with Crippen LogP contribution >= 0.6 is 23.3 Å². The van der Waals surface area contributed by atoms with Crippen molar-refractivity contribution in [1.82, 2.24) is 19.6 Å². The van der Waals surface area contributed by atoms with Crippen molar-refractivity contribution in [3.8, 4) is 0 Å². The number of H-pyrrole nitrogens is 1. The number of nitrogens with zero attached hydrogens (tertiary/aromatic N) is 3. The van der Waals surface area contributed by atoms with E-state index in [2.05, 4.69) is 24.9 Å². The van der Waals surface area contributed by atoms with E-state index in [-0.39, 0.29) is 5.24 Å². The van der Waals surface area contributed by atoms with E-state index in [4.69, 9.17) is 0 Å². The van der Waals surface area contributed by atoms with Crippen molar-refractivity contribution in [1.29, 1.82) is 0 Å². The van der Waals surface area contributed by atoms with Gasteiger partial charge in [-0.2, -0.15) is 0 Å². The molecule has 0 atom stereocenters. The van der Waals surface area contributed by atoms with Crippen molar-refractivity contribution in [3.63, 3.8) is 0 Å². The molecule has 3 rings (SSSR count). The van der Waals surface area contributed by atoms with Crippen LogP contribution in [-0.4, -0.2) is 24.8 Å². The predicted molar refractivity (Wildman–Crippen MR) is 70.9 cm³/mol. The number of amides is 1. The van der Waals surface area contributed by atoms with Crippen LogP contribution < -0.4 is 5.32 Å². The first kappa shape index (κ1) is 11.2. The maximum absolute atomic E-state index is 11.7. The second kappa shape index (κ2) is 4.75. The largest absolute Gasteiger partial charge is 0.324 e. The lowest BCUT2D eigenvalue weighted by Gasteiger charge is -1.97. The number of benzene rings is 1. The van der Waals surface area contributed by atoms with Crippen molar-refractivity contribution in [2.75, 3.05) is 5.32 Å². The smallest absolute Gasteiger partial charge is 0.292 e. The second-order valence-electron chi connectivity index (χ2n) is 3.36. The highest BCUT2D eigenvalue weighted by Gasteiger charge is 2.09. The summed E-state index contributed by atoms with van der Waals surface area (Å²) in [6.45, 7) is 0. The fourth-order valence-corrected chi connectivity index (χ4v) is 2.54. The van der Waals surface area contributed by atoms with Gasteiger partial charge in [0.05, 0.1) is 11.0 Å². The Morgan fingerprint density at radius 1 is 1.39 bits per heavy atom. The van der Waals surface area contributed by atoms with Crippen molar-refractivity contribution < 1.29 is 4.79 Å². The molecule has 0 aliphatic heterocycles. The maximum Gasteiger partial charge on any atom is 0.292 e. The first-order valence-corrected chi connectivity index (χ1v) is 6.67. The molecular formula is C10H7N5OS2. The minimum absolute atomic E-state index is 0.248. The lowest BCUT2D eigenvalue weighted by atomic mass is 10.3. The Balaban J connectivity index is 1.74. The predicted octanol–water partition coefficient (Wildman–Crippen LogP) is 2.74. The highest BCUT2D eigenvalue weighted by molar-refractivity contribution is 8.13. The van der Waals surface area contributed by atoms with E-state index in [0.29, 0.717) is 11.0 Å². The summed E-state index contributed by atoms with van der Waals surface area (Å²) in [6, 6.07) is 7.57. The number of para-hydroxylation sites is 2. The zero-order valence-corrected chi connectivity index (χ0v) is 10.6. The second-order valence-corrected chi connectivity index (χ2v) is 4.96. The van der Waals surface area contributed by atoms with Gasteiger partial charge in [0.25, 0.3) is 5.24 Å². The normalized spacial score (nSPS) is 10.7. The van der Waals surface area contributed by atoms with Gasteiger partial charge >= 0.3 is 0 Å². The number of fused-ring (bicyclic) bond motifs is 1. The average Bonchev–Trinajstić information content (AvgIpc) is 2.96. The number of imidazole rings is 1. The van der Waals surface area contributed by atoms with E-state index in [1.54, 1.807) is 5.38 Å². The molecule has 2 N–H and O–H groups in total. The molecule has 3 aromatic rings. The third-order valence-corrected chi connectivity index (χ3v) is 3.50. The highest BCUT2D eigenvalue weighted by atomic mass is 32.2. The molecule has 2 aromatic heterocycles. The summed E-state index contributed by atoms with van der Waals surface area (Å²) in [4.78, 5) is 18.9. The Morgan fingerprint density at radius 2 is 2.28 bits per heavy atom. The number of rotatable bonds is 2.